The van der Waals surface area contributed by atoms with Gasteiger partial charge >= 0.3 is 0 Å². The van der Waals surface area contributed by atoms with Crippen molar-refractivity contribution in [2.24, 2.45) is 0 Å². The molecule has 0 radical (unpaired) electrons. The van der Waals surface area contributed by atoms with Crippen LogP contribution in [0.25, 0.3) is 0 Å². The Morgan fingerprint density at radius 2 is 1.86 bits per heavy atom. The highest BCUT2D eigenvalue weighted by atomic mass is 16.7. The van der Waals surface area contributed by atoms with Crippen LogP contribution in [0.3, 0.4) is 0 Å². The Labute approximate surface area is 86.0 Å². The molecule has 0 aromatic carbocycles. The van der Waals surface area contributed by atoms with E-state index in [1.165, 1.54) is 12.8 Å². The lowest BCUT2D eigenvalue weighted by atomic mass is 9.94. The Balaban J connectivity index is 2.29. The van der Waals surface area contributed by atoms with Crippen LogP contribution in [0, 0.1) is 0 Å². The van der Waals surface area contributed by atoms with Crippen molar-refractivity contribution in [2.75, 3.05) is 20.5 Å². The maximum absolute atomic E-state index is 5.64. The summed E-state index contributed by atoms with van der Waals surface area (Å²) in [5, 5.41) is 0. The van der Waals surface area contributed by atoms with E-state index in [2.05, 4.69) is 6.58 Å². The Morgan fingerprint density at radius 3 is 2.43 bits per heavy atom. The lowest BCUT2D eigenvalue weighted by Gasteiger charge is -2.30. The SMILES string of the molecule is C=CCO[C@@H]1CCCC[C@H]1OCOC. The molecule has 1 saturated carbocycles. The molecule has 3 nitrogen and oxygen atoms in total. The third kappa shape index (κ3) is 3.78. The normalized spacial score (nSPS) is 27.5. The number of methoxy groups -OCH3 is 1. The largest absolute Gasteiger partial charge is 0.371 e. The maximum atomic E-state index is 5.64. The van der Waals surface area contributed by atoms with Crippen molar-refractivity contribution in [1.82, 2.24) is 0 Å². The van der Waals surface area contributed by atoms with Crippen LogP contribution in [0.2, 0.25) is 0 Å². The van der Waals surface area contributed by atoms with Gasteiger partial charge in [0.2, 0.25) is 0 Å². The molecule has 0 aliphatic heterocycles. The second kappa shape index (κ2) is 6.98. The van der Waals surface area contributed by atoms with Crippen LogP contribution in [0.15, 0.2) is 12.7 Å². The highest BCUT2D eigenvalue weighted by molar-refractivity contribution is 4.78. The van der Waals surface area contributed by atoms with E-state index in [9.17, 15) is 0 Å². The fraction of sp³-hybridized carbons (Fsp3) is 0.818. The number of rotatable bonds is 6. The Bertz CT molecular complexity index is 159. The highest BCUT2D eigenvalue weighted by Gasteiger charge is 2.25. The van der Waals surface area contributed by atoms with Crippen molar-refractivity contribution in [1.29, 1.82) is 0 Å². The second-order valence-corrected chi connectivity index (χ2v) is 3.56. The molecule has 0 saturated heterocycles. The summed E-state index contributed by atoms with van der Waals surface area (Å²) in [5.41, 5.74) is 0. The summed E-state index contributed by atoms with van der Waals surface area (Å²) in [4.78, 5) is 0. The molecule has 1 rings (SSSR count). The van der Waals surface area contributed by atoms with Crippen LogP contribution < -0.4 is 0 Å². The molecule has 3 heteroatoms. The molecule has 82 valence electrons. The van der Waals surface area contributed by atoms with Crippen LogP contribution in [0.4, 0.5) is 0 Å². The van der Waals surface area contributed by atoms with Crippen LogP contribution in [0.5, 0.6) is 0 Å². The standard InChI is InChI=1S/C11H20O3/c1-3-8-13-10-6-4-5-7-11(10)14-9-12-2/h3,10-11H,1,4-9H2,2H3/t10-,11-/m1/s1. The highest BCUT2D eigenvalue weighted by Crippen LogP contribution is 2.23. The van der Waals surface area contributed by atoms with E-state index in [0.717, 1.165) is 12.8 Å². The molecule has 0 heterocycles. The Kier molecular flexibility index (Phi) is 5.83. The van der Waals surface area contributed by atoms with Gasteiger partial charge in [0.1, 0.15) is 6.79 Å². The summed E-state index contributed by atoms with van der Waals surface area (Å²) < 4.78 is 16.1. The Morgan fingerprint density at radius 1 is 1.21 bits per heavy atom. The van der Waals surface area contributed by atoms with E-state index < -0.39 is 0 Å². The van der Waals surface area contributed by atoms with Gasteiger partial charge in [-0.1, -0.05) is 18.9 Å². The van der Waals surface area contributed by atoms with Crippen molar-refractivity contribution >= 4 is 0 Å². The summed E-state index contributed by atoms with van der Waals surface area (Å²) in [6.45, 7) is 4.61. The molecule has 14 heavy (non-hydrogen) atoms. The molecule has 1 aliphatic carbocycles. The molecular formula is C11H20O3. The van der Waals surface area contributed by atoms with Gasteiger partial charge in [0, 0.05) is 7.11 Å². The van der Waals surface area contributed by atoms with Crippen LogP contribution in [-0.2, 0) is 14.2 Å². The zero-order valence-electron chi connectivity index (χ0n) is 8.91. The second-order valence-electron chi connectivity index (χ2n) is 3.56. The van der Waals surface area contributed by atoms with Crippen molar-refractivity contribution in [3.8, 4) is 0 Å². The number of hydrogen-bond donors (Lipinski definition) is 0. The first-order valence-corrected chi connectivity index (χ1v) is 5.21. The monoisotopic (exact) mass is 200 g/mol. The van der Waals surface area contributed by atoms with E-state index in [1.807, 2.05) is 0 Å². The smallest absolute Gasteiger partial charge is 0.146 e. The lowest BCUT2D eigenvalue weighted by molar-refractivity contribution is -0.137. The van der Waals surface area contributed by atoms with E-state index in [1.54, 1.807) is 13.2 Å². The molecule has 1 fully saturated rings. The minimum Gasteiger partial charge on any atom is -0.371 e. The third-order valence-corrected chi connectivity index (χ3v) is 2.47. The molecule has 1 aliphatic rings. The van der Waals surface area contributed by atoms with E-state index in [-0.39, 0.29) is 12.2 Å². The first-order valence-electron chi connectivity index (χ1n) is 5.21. The fourth-order valence-corrected chi connectivity index (χ4v) is 1.79. The molecule has 2 atom stereocenters. The molecule has 0 aromatic rings. The lowest BCUT2D eigenvalue weighted by Crippen LogP contribution is -2.35. The third-order valence-electron chi connectivity index (χ3n) is 2.47. The van der Waals surface area contributed by atoms with Gasteiger partial charge in [-0.15, -0.1) is 6.58 Å². The summed E-state index contributed by atoms with van der Waals surface area (Å²) >= 11 is 0. The molecule has 0 amide bonds. The van der Waals surface area contributed by atoms with Crippen LogP contribution in [-0.4, -0.2) is 32.7 Å². The minimum absolute atomic E-state index is 0.198. The van der Waals surface area contributed by atoms with Gasteiger partial charge in [-0.2, -0.15) is 0 Å². The fourth-order valence-electron chi connectivity index (χ4n) is 1.79. The van der Waals surface area contributed by atoms with Crippen LogP contribution >= 0.6 is 0 Å². The van der Waals surface area contributed by atoms with Gasteiger partial charge in [-0.25, -0.2) is 0 Å². The van der Waals surface area contributed by atoms with Gasteiger partial charge < -0.3 is 14.2 Å². The van der Waals surface area contributed by atoms with Gasteiger partial charge in [0.15, 0.2) is 0 Å². The molecule has 0 spiro atoms. The predicted octanol–water partition coefficient (Wildman–Crippen LogP) is 2.12. The van der Waals surface area contributed by atoms with E-state index in [4.69, 9.17) is 14.2 Å². The van der Waals surface area contributed by atoms with Crippen molar-refractivity contribution in [3.63, 3.8) is 0 Å². The molecule has 0 unspecified atom stereocenters. The average molecular weight is 200 g/mol. The first kappa shape index (κ1) is 11.7. The number of hydrogen-bond acceptors (Lipinski definition) is 3. The van der Waals surface area contributed by atoms with Gasteiger partial charge in [0.05, 0.1) is 18.8 Å². The summed E-state index contributed by atoms with van der Waals surface area (Å²) in [5.74, 6) is 0. The quantitative estimate of drug-likeness (QED) is 0.485. The maximum Gasteiger partial charge on any atom is 0.146 e. The zero-order valence-corrected chi connectivity index (χ0v) is 8.91. The summed E-state index contributed by atoms with van der Waals surface area (Å²) in [7, 11) is 1.64. The number of ether oxygens (including phenoxy) is 3. The molecule has 0 N–H and O–H groups in total. The van der Waals surface area contributed by atoms with Gasteiger partial charge in [0.25, 0.3) is 0 Å². The summed E-state index contributed by atoms with van der Waals surface area (Å²) in [6.07, 6.45) is 6.81. The van der Waals surface area contributed by atoms with Crippen molar-refractivity contribution in [3.05, 3.63) is 12.7 Å². The first-order chi connectivity index (χ1) is 6.88. The summed E-state index contributed by atoms with van der Waals surface area (Å²) in [6, 6.07) is 0. The topological polar surface area (TPSA) is 27.7 Å². The van der Waals surface area contributed by atoms with Gasteiger partial charge in [-0.3, -0.25) is 0 Å². The molecular weight excluding hydrogens is 180 g/mol. The molecule has 0 aromatic heterocycles. The van der Waals surface area contributed by atoms with Crippen molar-refractivity contribution in [2.45, 2.75) is 37.9 Å². The minimum atomic E-state index is 0.198. The predicted molar refractivity (Wildman–Crippen MR) is 55.2 cm³/mol. The van der Waals surface area contributed by atoms with Gasteiger partial charge in [-0.05, 0) is 12.8 Å². The average Bonchev–Trinajstić information content (AvgIpc) is 2.24. The zero-order chi connectivity index (χ0) is 10.2. The van der Waals surface area contributed by atoms with Crippen molar-refractivity contribution < 1.29 is 14.2 Å². The molecule has 0 bridgehead atoms. The van der Waals surface area contributed by atoms with E-state index in [0.29, 0.717) is 13.4 Å². The Hall–Kier alpha value is -0.380. The van der Waals surface area contributed by atoms with Crippen LogP contribution in [0.1, 0.15) is 25.7 Å². The van der Waals surface area contributed by atoms with E-state index >= 15 is 0 Å².